The summed E-state index contributed by atoms with van der Waals surface area (Å²) < 4.78 is 0. The molecule has 2 unspecified atom stereocenters. The highest BCUT2D eigenvalue weighted by Crippen LogP contribution is 2.31. The molecule has 2 atom stereocenters. The molecule has 2 aliphatic rings. The number of hydrogen-bond acceptors (Lipinski definition) is 10. The van der Waals surface area contributed by atoms with Crippen LogP contribution >= 0.6 is 0 Å². The number of rotatable bonds is 4. The normalized spacial score (nSPS) is 18.2. The molecule has 4 aromatic rings. The summed E-state index contributed by atoms with van der Waals surface area (Å²) in [5, 5.41) is 16.4. The summed E-state index contributed by atoms with van der Waals surface area (Å²) in [6.45, 7) is 3.41. The Labute approximate surface area is 246 Å². The van der Waals surface area contributed by atoms with Gasteiger partial charge in [-0.25, -0.2) is 9.97 Å². The predicted molar refractivity (Wildman–Crippen MR) is 167 cm³/mol. The zero-order valence-corrected chi connectivity index (χ0v) is 23.5. The van der Waals surface area contributed by atoms with E-state index in [1.807, 2.05) is 60.7 Å². The van der Waals surface area contributed by atoms with Gasteiger partial charge in [0.2, 0.25) is 11.9 Å². The van der Waals surface area contributed by atoms with Gasteiger partial charge >= 0.3 is 0 Å². The second-order valence-electron chi connectivity index (χ2n) is 10.3. The molecule has 42 heavy (non-hydrogen) atoms. The van der Waals surface area contributed by atoms with E-state index in [0.29, 0.717) is 0 Å². The largest absolute Gasteiger partial charge is 0.366 e. The summed E-state index contributed by atoms with van der Waals surface area (Å²) in [5.74, 6) is 8.07. The Hall–Kier alpha value is -5.22. The average Bonchev–Trinajstić information content (AvgIpc) is 3.06. The van der Waals surface area contributed by atoms with Crippen LogP contribution in [0.15, 0.2) is 60.7 Å². The van der Waals surface area contributed by atoms with Gasteiger partial charge in [0.1, 0.15) is 11.4 Å². The minimum absolute atomic E-state index is 0.183. The number of piperidine rings is 2. The molecule has 0 aliphatic carbocycles. The van der Waals surface area contributed by atoms with Crippen molar-refractivity contribution in [2.45, 2.75) is 25.7 Å². The number of hydrogen-bond donors (Lipinski definition) is 2. The van der Waals surface area contributed by atoms with Crippen molar-refractivity contribution in [1.82, 2.24) is 30.4 Å². The number of nitrogens with two attached hydrogens (primary N) is 2. The summed E-state index contributed by atoms with van der Waals surface area (Å²) in [7, 11) is 0. The predicted octanol–water partition coefficient (Wildman–Crippen LogP) is 3.94. The standard InChI is InChI=1S/2C16H17N5/c2*1-2-12-7-6-10-21(11-12)15-14(18-16(17)20-19-15)13-8-4-3-5-9-13/h2*1,3-5,8-9,12H,6-7,10-11H2,(H2,17,18,20). The second-order valence-corrected chi connectivity index (χ2v) is 10.3. The maximum Gasteiger partial charge on any atom is 0.240 e. The van der Waals surface area contributed by atoms with Crippen LogP contribution in [-0.4, -0.2) is 56.5 Å². The quantitative estimate of drug-likeness (QED) is 0.355. The third kappa shape index (κ3) is 6.73. The van der Waals surface area contributed by atoms with Crippen LogP contribution in [0.3, 0.4) is 0 Å². The van der Waals surface area contributed by atoms with Gasteiger partial charge in [-0.2, -0.15) is 0 Å². The Kier molecular flexibility index (Phi) is 9.05. The fourth-order valence-electron chi connectivity index (χ4n) is 5.28. The lowest BCUT2D eigenvalue weighted by Gasteiger charge is -2.31. The summed E-state index contributed by atoms with van der Waals surface area (Å²) in [5.41, 5.74) is 14.9. The number of anilines is 4. The number of nitrogen functional groups attached to an aromatic ring is 2. The van der Waals surface area contributed by atoms with Gasteiger partial charge in [-0.15, -0.1) is 45.1 Å². The lowest BCUT2D eigenvalue weighted by atomic mass is 9.98. The zero-order valence-electron chi connectivity index (χ0n) is 23.5. The molecular weight excluding hydrogens is 524 g/mol. The lowest BCUT2D eigenvalue weighted by Crippen LogP contribution is -2.36. The van der Waals surface area contributed by atoms with Crippen LogP contribution < -0.4 is 21.3 Å². The molecule has 2 saturated heterocycles. The molecule has 2 fully saturated rings. The number of benzene rings is 2. The summed E-state index contributed by atoms with van der Waals surface area (Å²) in [4.78, 5) is 13.1. The molecule has 4 heterocycles. The first kappa shape index (κ1) is 28.3. The average molecular weight is 559 g/mol. The molecule has 2 aromatic heterocycles. The van der Waals surface area contributed by atoms with Crippen LogP contribution in [0.5, 0.6) is 0 Å². The van der Waals surface area contributed by atoms with Crippen LogP contribution in [0.2, 0.25) is 0 Å². The van der Waals surface area contributed by atoms with Crippen LogP contribution in [0.4, 0.5) is 23.5 Å². The van der Waals surface area contributed by atoms with E-state index in [-0.39, 0.29) is 23.7 Å². The lowest BCUT2D eigenvalue weighted by molar-refractivity contribution is 0.493. The molecule has 2 aliphatic heterocycles. The fourth-order valence-corrected chi connectivity index (χ4v) is 5.28. The van der Waals surface area contributed by atoms with Gasteiger partial charge in [0.25, 0.3) is 0 Å². The summed E-state index contributed by atoms with van der Waals surface area (Å²) in [6.07, 6.45) is 15.4. The highest BCUT2D eigenvalue weighted by Gasteiger charge is 2.24. The number of terminal acetylenes is 2. The van der Waals surface area contributed by atoms with Gasteiger partial charge in [-0.3, -0.25) is 0 Å². The minimum atomic E-state index is 0.183. The smallest absolute Gasteiger partial charge is 0.240 e. The molecule has 4 N–H and O–H groups in total. The van der Waals surface area contributed by atoms with Gasteiger partial charge in [0.15, 0.2) is 11.6 Å². The molecular formula is C32H34N10. The Balaban J connectivity index is 0.000000168. The van der Waals surface area contributed by atoms with E-state index in [1.165, 1.54) is 0 Å². The molecule has 0 radical (unpaired) electrons. The maximum absolute atomic E-state index is 5.71. The molecule has 0 amide bonds. The van der Waals surface area contributed by atoms with Crippen molar-refractivity contribution in [2.24, 2.45) is 11.8 Å². The highest BCUT2D eigenvalue weighted by atomic mass is 15.3. The fraction of sp³-hybridized carbons (Fsp3) is 0.312. The Morgan fingerprint density at radius 3 is 1.40 bits per heavy atom. The summed E-state index contributed by atoms with van der Waals surface area (Å²) in [6, 6.07) is 19.8. The molecule has 0 bridgehead atoms. The molecule has 10 nitrogen and oxygen atoms in total. The van der Waals surface area contributed by atoms with Crippen molar-refractivity contribution in [2.75, 3.05) is 47.4 Å². The highest BCUT2D eigenvalue weighted by molar-refractivity contribution is 5.73. The van der Waals surface area contributed by atoms with Crippen LogP contribution in [0.1, 0.15) is 25.7 Å². The van der Waals surface area contributed by atoms with E-state index in [1.54, 1.807) is 0 Å². The minimum Gasteiger partial charge on any atom is -0.366 e. The van der Waals surface area contributed by atoms with E-state index in [2.05, 4.69) is 52.0 Å². The maximum atomic E-state index is 5.71. The van der Waals surface area contributed by atoms with Gasteiger partial charge in [-0.05, 0) is 25.7 Å². The molecule has 6 rings (SSSR count). The third-order valence-corrected chi connectivity index (χ3v) is 7.38. The van der Waals surface area contributed by atoms with E-state index < -0.39 is 0 Å². The second kappa shape index (κ2) is 13.4. The van der Waals surface area contributed by atoms with E-state index in [4.69, 9.17) is 24.3 Å². The SMILES string of the molecule is C#CC1CCCN(c2nnc(N)nc2-c2ccccc2)C1.C#CC1CCCN(c2nnc(N)nc2-c2ccccc2)C1. The topological polar surface area (TPSA) is 136 Å². The first-order valence-corrected chi connectivity index (χ1v) is 14.1. The van der Waals surface area contributed by atoms with Crippen molar-refractivity contribution in [1.29, 1.82) is 0 Å². The van der Waals surface area contributed by atoms with Crippen LogP contribution in [-0.2, 0) is 0 Å². The first-order chi connectivity index (χ1) is 20.6. The zero-order chi connectivity index (χ0) is 29.3. The molecule has 0 spiro atoms. The van der Waals surface area contributed by atoms with Crippen molar-refractivity contribution < 1.29 is 0 Å². The van der Waals surface area contributed by atoms with Crippen molar-refractivity contribution in [3.8, 4) is 47.2 Å². The first-order valence-electron chi connectivity index (χ1n) is 14.1. The molecule has 212 valence electrons. The number of nitrogens with zero attached hydrogens (tertiary/aromatic N) is 8. The monoisotopic (exact) mass is 558 g/mol. The molecule has 10 heteroatoms. The molecule has 2 aromatic carbocycles. The van der Waals surface area contributed by atoms with Gasteiger partial charge in [0.05, 0.1) is 0 Å². The van der Waals surface area contributed by atoms with Crippen molar-refractivity contribution in [3.05, 3.63) is 60.7 Å². The van der Waals surface area contributed by atoms with Gasteiger partial charge in [-0.1, -0.05) is 60.7 Å². The molecule has 0 saturated carbocycles. The van der Waals surface area contributed by atoms with E-state index in [9.17, 15) is 0 Å². The Bertz CT molecular complexity index is 1440. The van der Waals surface area contributed by atoms with Crippen LogP contribution in [0.25, 0.3) is 22.5 Å². The summed E-state index contributed by atoms with van der Waals surface area (Å²) >= 11 is 0. The Morgan fingerprint density at radius 2 is 1.02 bits per heavy atom. The number of aromatic nitrogens is 6. The van der Waals surface area contributed by atoms with E-state index in [0.717, 1.165) is 86.0 Å². The van der Waals surface area contributed by atoms with Crippen LogP contribution in [0, 0.1) is 36.5 Å². The van der Waals surface area contributed by atoms with Crippen molar-refractivity contribution in [3.63, 3.8) is 0 Å². The third-order valence-electron chi connectivity index (χ3n) is 7.38. The van der Waals surface area contributed by atoms with E-state index >= 15 is 0 Å². The van der Waals surface area contributed by atoms with Crippen molar-refractivity contribution >= 4 is 23.5 Å². The van der Waals surface area contributed by atoms with Gasteiger partial charge < -0.3 is 21.3 Å². The Morgan fingerprint density at radius 1 is 0.619 bits per heavy atom. The van der Waals surface area contributed by atoms with Gasteiger partial charge in [0, 0.05) is 49.1 Å².